The van der Waals surface area contributed by atoms with E-state index in [4.69, 9.17) is 16.3 Å². The second-order valence-electron chi connectivity index (χ2n) is 7.45. The lowest BCUT2D eigenvalue weighted by atomic mass is 10.2. The summed E-state index contributed by atoms with van der Waals surface area (Å²) in [6, 6.07) is 7.20. The van der Waals surface area contributed by atoms with Crippen LogP contribution >= 0.6 is 11.6 Å². The molecule has 1 aromatic carbocycles. The molecule has 2 aromatic heterocycles. The second kappa shape index (κ2) is 9.79. The van der Waals surface area contributed by atoms with Gasteiger partial charge in [0.25, 0.3) is 0 Å². The Morgan fingerprint density at radius 1 is 1.19 bits per heavy atom. The Labute approximate surface area is 190 Å². The molecule has 0 aliphatic rings. The molecule has 0 saturated heterocycles. The maximum atomic E-state index is 14.6. The molecule has 3 aromatic rings. The fourth-order valence-corrected chi connectivity index (χ4v) is 4.62. The van der Waals surface area contributed by atoms with Gasteiger partial charge in [0.15, 0.2) is 21.4 Å². The molecular formula is C22H23ClFN3O4S. The molecule has 0 N–H and O–H groups in total. The van der Waals surface area contributed by atoms with Gasteiger partial charge in [-0.3, -0.25) is 4.79 Å². The summed E-state index contributed by atoms with van der Waals surface area (Å²) in [5, 5.41) is 0.0290. The smallest absolute Gasteiger partial charge is 0.322 e. The van der Waals surface area contributed by atoms with Gasteiger partial charge in [0.1, 0.15) is 0 Å². The molecule has 32 heavy (non-hydrogen) atoms. The first-order valence-electron chi connectivity index (χ1n) is 9.97. The fraction of sp³-hybridized carbons (Fsp3) is 0.318. The lowest BCUT2D eigenvalue weighted by molar-refractivity contribution is 0.409. The molecule has 7 nitrogen and oxygen atoms in total. The average molecular weight is 480 g/mol. The Bertz CT molecular complexity index is 1310. The van der Waals surface area contributed by atoms with Crippen molar-refractivity contribution in [2.75, 3.05) is 5.75 Å². The zero-order valence-electron chi connectivity index (χ0n) is 17.9. The third kappa shape index (κ3) is 5.72. The average Bonchev–Trinajstić information content (AvgIpc) is 2.74. The summed E-state index contributed by atoms with van der Waals surface area (Å²) in [6.07, 6.45) is 2.84. The number of sulfone groups is 1. The van der Waals surface area contributed by atoms with E-state index in [-0.39, 0.29) is 39.5 Å². The van der Waals surface area contributed by atoms with E-state index in [9.17, 15) is 17.6 Å². The van der Waals surface area contributed by atoms with Crippen LogP contribution in [0.15, 0.2) is 41.3 Å². The number of aryl methyl sites for hydroxylation is 2. The number of ether oxygens (including phenoxy) is 1. The number of pyridine rings is 1. The Balaban J connectivity index is 2.09. The predicted molar refractivity (Wildman–Crippen MR) is 121 cm³/mol. The van der Waals surface area contributed by atoms with Crippen molar-refractivity contribution < 1.29 is 17.5 Å². The topological polar surface area (TPSA) is 91.2 Å². The van der Waals surface area contributed by atoms with Crippen LogP contribution in [0.1, 0.15) is 31.0 Å². The van der Waals surface area contributed by atoms with Gasteiger partial charge in [-0.05, 0) is 37.1 Å². The van der Waals surface area contributed by atoms with Crippen LogP contribution in [0.4, 0.5) is 4.39 Å². The third-order valence-electron chi connectivity index (χ3n) is 4.75. The van der Waals surface area contributed by atoms with Crippen molar-refractivity contribution in [2.45, 2.75) is 32.4 Å². The summed E-state index contributed by atoms with van der Waals surface area (Å²) in [5.74, 6) is -1.21. The quantitative estimate of drug-likeness (QED) is 0.474. The molecule has 0 atom stereocenters. The van der Waals surface area contributed by atoms with E-state index in [2.05, 4.69) is 9.97 Å². The zero-order chi connectivity index (χ0) is 23.5. The van der Waals surface area contributed by atoms with Gasteiger partial charge in [-0.25, -0.2) is 12.8 Å². The number of hydrogen-bond acceptors (Lipinski definition) is 6. The number of aromatic nitrogens is 3. The van der Waals surface area contributed by atoms with Crippen LogP contribution in [0, 0.1) is 12.7 Å². The van der Waals surface area contributed by atoms with E-state index in [1.807, 2.05) is 6.92 Å². The minimum Gasteiger partial charge on any atom is -0.420 e. The van der Waals surface area contributed by atoms with E-state index in [1.165, 1.54) is 28.8 Å². The molecule has 0 amide bonds. The molecule has 0 aliphatic heterocycles. The highest BCUT2D eigenvalue weighted by Gasteiger charge is 2.19. The summed E-state index contributed by atoms with van der Waals surface area (Å²) in [6.45, 7) is 3.47. The minimum atomic E-state index is -3.42. The molecule has 10 heteroatoms. The molecule has 2 heterocycles. The van der Waals surface area contributed by atoms with Crippen LogP contribution in [0.25, 0.3) is 11.3 Å². The molecule has 170 valence electrons. The van der Waals surface area contributed by atoms with Gasteiger partial charge in [-0.1, -0.05) is 31.0 Å². The molecule has 0 saturated carbocycles. The number of unbranched alkanes of at least 4 members (excludes halogenated alkanes) is 1. The van der Waals surface area contributed by atoms with Crippen LogP contribution in [0.5, 0.6) is 11.8 Å². The number of nitrogens with zero attached hydrogens (tertiary/aromatic N) is 3. The molecule has 0 spiro atoms. The SMILES string of the molecule is CCCCS(=O)(=O)Cc1cc(-c2ccc(=O)n(C)c2)nc(Oc2c(Cl)ccc(C)c2F)n1. The van der Waals surface area contributed by atoms with Crippen LogP contribution in [-0.2, 0) is 22.6 Å². The summed E-state index contributed by atoms with van der Waals surface area (Å²) >= 11 is 6.10. The molecule has 0 radical (unpaired) electrons. The lowest BCUT2D eigenvalue weighted by Crippen LogP contribution is -2.14. The lowest BCUT2D eigenvalue weighted by Gasteiger charge is -2.12. The molecule has 0 unspecified atom stereocenters. The van der Waals surface area contributed by atoms with Crippen molar-refractivity contribution in [1.29, 1.82) is 0 Å². The number of rotatable bonds is 8. The zero-order valence-corrected chi connectivity index (χ0v) is 19.5. The van der Waals surface area contributed by atoms with Crippen molar-refractivity contribution >= 4 is 21.4 Å². The van der Waals surface area contributed by atoms with Gasteiger partial charge in [0, 0.05) is 24.9 Å². The molecule has 0 aliphatic carbocycles. The van der Waals surface area contributed by atoms with E-state index in [0.717, 1.165) is 6.42 Å². The Morgan fingerprint density at radius 3 is 2.62 bits per heavy atom. The van der Waals surface area contributed by atoms with E-state index < -0.39 is 15.7 Å². The largest absolute Gasteiger partial charge is 0.420 e. The highest BCUT2D eigenvalue weighted by Crippen LogP contribution is 2.33. The fourth-order valence-electron chi connectivity index (χ4n) is 2.96. The second-order valence-corrected chi connectivity index (χ2v) is 10.0. The molecule has 0 fully saturated rings. The first kappa shape index (κ1) is 23.9. The minimum absolute atomic E-state index is 0.0250. The van der Waals surface area contributed by atoms with Crippen molar-refractivity contribution in [3.8, 4) is 23.0 Å². The van der Waals surface area contributed by atoms with Gasteiger partial charge in [-0.2, -0.15) is 9.97 Å². The number of benzene rings is 1. The molecule has 3 rings (SSSR count). The Kier molecular flexibility index (Phi) is 7.30. The first-order chi connectivity index (χ1) is 15.1. The maximum absolute atomic E-state index is 14.6. The Morgan fingerprint density at radius 2 is 1.94 bits per heavy atom. The van der Waals surface area contributed by atoms with Crippen LogP contribution < -0.4 is 10.3 Å². The van der Waals surface area contributed by atoms with Gasteiger partial charge < -0.3 is 9.30 Å². The van der Waals surface area contributed by atoms with Crippen molar-refractivity contribution in [1.82, 2.24) is 14.5 Å². The predicted octanol–water partition coefficient (Wildman–Crippen LogP) is 4.45. The summed E-state index contributed by atoms with van der Waals surface area (Å²) in [4.78, 5) is 20.2. The monoisotopic (exact) mass is 479 g/mol. The normalized spacial score (nSPS) is 11.5. The summed E-state index contributed by atoms with van der Waals surface area (Å²) in [5.41, 5.74) is 1.17. The summed E-state index contributed by atoms with van der Waals surface area (Å²) < 4.78 is 46.5. The van der Waals surface area contributed by atoms with Crippen LogP contribution in [0.3, 0.4) is 0 Å². The number of hydrogen-bond donors (Lipinski definition) is 0. The van der Waals surface area contributed by atoms with Gasteiger partial charge in [0.2, 0.25) is 5.56 Å². The van der Waals surface area contributed by atoms with Crippen LogP contribution in [-0.4, -0.2) is 28.7 Å². The highest BCUT2D eigenvalue weighted by molar-refractivity contribution is 7.90. The van der Waals surface area contributed by atoms with Gasteiger partial charge in [-0.15, -0.1) is 0 Å². The maximum Gasteiger partial charge on any atom is 0.322 e. The van der Waals surface area contributed by atoms with Gasteiger partial charge >= 0.3 is 6.01 Å². The highest BCUT2D eigenvalue weighted by atomic mass is 35.5. The van der Waals surface area contributed by atoms with Crippen molar-refractivity contribution in [3.63, 3.8) is 0 Å². The van der Waals surface area contributed by atoms with Crippen molar-refractivity contribution in [3.05, 3.63) is 69.0 Å². The van der Waals surface area contributed by atoms with E-state index in [0.29, 0.717) is 23.2 Å². The summed E-state index contributed by atoms with van der Waals surface area (Å²) in [7, 11) is -1.84. The Hall–Kier alpha value is -2.78. The molecule has 0 bridgehead atoms. The van der Waals surface area contributed by atoms with E-state index >= 15 is 0 Å². The third-order valence-corrected chi connectivity index (χ3v) is 6.70. The van der Waals surface area contributed by atoms with E-state index in [1.54, 1.807) is 26.2 Å². The van der Waals surface area contributed by atoms with Crippen LogP contribution in [0.2, 0.25) is 5.02 Å². The molecular weight excluding hydrogens is 457 g/mol. The van der Waals surface area contributed by atoms with Gasteiger partial charge in [0.05, 0.1) is 27.9 Å². The van der Waals surface area contributed by atoms with Crippen molar-refractivity contribution in [2.24, 2.45) is 7.05 Å². The standard InChI is InChI=1S/C22H23ClFN3O4S/c1-4-5-10-32(29,30)13-16-11-18(15-7-9-19(28)27(3)12-15)26-22(25-16)31-21-17(23)8-6-14(2)20(21)24/h6-9,11-12H,4-5,10,13H2,1-3H3. The first-order valence-corrected chi connectivity index (χ1v) is 12.2. The number of halogens is 2.